The van der Waals surface area contributed by atoms with E-state index in [4.69, 9.17) is 25.8 Å². The number of ether oxygens (including phenoxy) is 3. The largest absolute Gasteiger partial charge is 0.497 e. The van der Waals surface area contributed by atoms with Gasteiger partial charge in [0.15, 0.2) is 0 Å². The maximum atomic E-state index is 12.5. The fourth-order valence-corrected chi connectivity index (χ4v) is 3.13. The van der Waals surface area contributed by atoms with Crippen LogP contribution in [-0.2, 0) is 9.53 Å². The van der Waals surface area contributed by atoms with Gasteiger partial charge in [0.05, 0.1) is 17.7 Å². The predicted octanol–water partition coefficient (Wildman–Crippen LogP) is 3.82. The lowest BCUT2D eigenvalue weighted by Gasteiger charge is -2.18. The Labute approximate surface area is 179 Å². The molecule has 1 amide bonds. The smallest absolute Gasteiger partial charge is 0.328 e. The molecule has 0 saturated carbocycles. The lowest BCUT2D eigenvalue weighted by molar-refractivity contribution is -0.146. The summed E-state index contributed by atoms with van der Waals surface area (Å²) in [5, 5.41) is 3.04. The van der Waals surface area contributed by atoms with Gasteiger partial charge in [0, 0.05) is 0 Å². The van der Waals surface area contributed by atoms with Crippen molar-refractivity contribution in [3.05, 3.63) is 59.1 Å². The normalized spacial score (nSPS) is 11.4. The second-order valence-electron chi connectivity index (χ2n) is 5.98. The summed E-state index contributed by atoms with van der Waals surface area (Å²) in [6, 6.07) is 13.0. The van der Waals surface area contributed by atoms with Crippen molar-refractivity contribution in [1.29, 1.82) is 0 Å². The average molecular weight is 438 g/mol. The van der Waals surface area contributed by atoms with E-state index in [0.717, 1.165) is 5.75 Å². The molecule has 0 spiro atoms. The molecule has 0 heterocycles. The topological polar surface area (TPSA) is 73.9 Å². The van der Waals surface area contributed by atoms with Gasteiger partial charge in [-0.15, -0.1) is 0 Å². The Morgan fingerprint density at radius 1 is 1.07 bits per heavy atom. The van der Waals surface area contributed by atoms with Gasteiger partial charge in [-0.05, 0) is 54.8 Å². The van der Waals surface area contributed by atoms with Gasteiger partial charge in [0.2, 0.25) is 0 Å². The fourth-order valence-electron chi connectivity index (χ4n) is 2.44. The minimum absolute atomic E-state index is 0.0720. The molecule has 0 radical (unpaired) electrons. The maximum absolute atomic E-state index is 12.5. The Bertz CT molecular complexity index is 800. The first kappa shape index (κ1) is 22.9. The Hall–Kier alpha value is -2.38. The minimum atomic E-state index is -0.757. The lowest BCUT2D eigenvalue weighted by atomic mass is 10.1. The number of esters is 1. The summed E-state index contributed by atoms with van der Waals surface area (Å²) < 4.78 is 15.9. The maximum Gasteiger partial charge on any atom is 0.328 e. The Morgan fingerprint density at radius 3 is 2.41 bits per heavy atom. The molecule has 156 valence electrons. The fraction of sp³-hybridized carbons (Fsp3) is 0.333. The van der Waals surface area contributed by atoms with Gasteiger partial charge >= 0.3 is 5.97 Å². The SMILES string of the molecule is COc1ccc(OCCOC(=O)C(CCSC)NC(=O)c2ccccc2Cl)cc1. The number of rotatable bonds is 11. The van der Waals surface area contributed by atoms with E-state index in [1.54, 1.807) is 67.4 Å². The zero-order chi connectivity index (χ0) is 21.1. The zero-order valence-corrected chi connectivity index (χ0v) is 17.9. The first-order valence-corrected chi connectivity index (χ1v) is 10.8. The van der Waals surface area contributed by atoms with Crippen molar-refractivity contribution in [2.45, 2.75) is 12.5 Å². The third kappa shape index (κ3) is 7.51. The van der Waals surface area contributed by atoms with E-state index < -0.39 is 17.9 Å². The van der Waals surface area contributed by atoms with Gasteiger partial charge in [-0.3, -0.25) is 4.79 Å². The summed E-state index contributed by atoms with van der Waals surface area (Å²) in [6.07, 6.45) is 2.39. The molecule has 2 rings (SSSR count). The summed E-state index contributed by atoms with van der Waals surface area (Å²) in [5.41, 5.74) is 0.318. The van der Waals surface area contributed by atoms with Crippen LogP contribution in [0.1, 0.15) is 16.8 Å². The molecule has 0 aromatic heterocycles. The molecule has 8 heteroatoms. The number of carbonyl (C=O) groups excluding carboxylic acids is 2. The molecule has 29 heavy (non-hydrogen) atoms. The van der Waals surface area contributed by atoms with Crippen LogP contribution in [0.25, 0.3) is 0 Å². The van der Waals surface area contributed by atoms with E-state index in [-0.39, 0.29) is 13.2 Å². The van der Waals surface area contributed by atoms with Gasteiger partial charge < -0.3 is 19.5 Å². The first-order chi connectivity index (χ1) is 14.0. The monoisotopic (exact) mass is 437 g/mol. The number of methoxy groups -OCH3 is 1. The molecule has 0 aliphatic carbocycles. The van der Waals surface area contributed by atoms with Crippen LogP contribution in [0.15, 0.2) is 48.5 Å². The van der Waals surface area contributed by atoms with E-state index >= 15 is 0 Å². The highest BCUT2D eigenvalue weighted by atomic mass is 35.5. The number of benzene rings is 2. The molecule has 1 unspecified atom stereocenters. The number of nitrogens with one attached hydrogen (secondary N) is 1. The van der Waals surface area contributed by atoms with E-state index in [2.05, 4.69) is 5.32 Å². The van der Waals surface area contributed by atoms with Gasteiger partial charge in [-0.25, -0.2) is 4.79 Å². The quantitative estimate of drug-likeness (QED) is 0.425. The third-order valence-electron chi connectivity index (χ3n) is 3.97. The highest BCUT2D eigenvalue weighted by Crippen LogP contribution is 2.17. The molecule has 6 nitrogen and oxygen atoms in total. The summed E-state index contributed by atoms with van der Waals surface area (Å²) in [5.74, 6) is 1.17. The van der Waals surface area contributed by atoms with Crippen molar-refractivity contribution in [3.8, 4) is 11.5 Å². The second kappa shape index (κ2) is 12.2. The zero-order valence-electron chi connectivity index (χ0n) is 16.4. The van der Waals surface area contributed by atoms with Gasteiger partial charge in [0.25, 0.3) is 5.91 Å². The van der Waals surface area contributed by atoms with Crippen LogP contribution in [0, 0.1) is 0 Å². The van der Waals surface area contributed by atoms with Crippen LogP contribution >= 0.6 is 23.4 Å². The summed E-state index contributed by atoms with van der Waals surface area (Å²) in [7, 11) is 1.59. The van der Waals surface area contributed by atoms with Crippen LogP contribution in [0.4, 0.5) is 0 Å². The molecular formula is C21H24ClNO5S. The molecule has 1 N–H and O–H groups in total. The average Bonchev–Trinajstić information content (AvgIpc) is 2.74. The number of carbonyl (C=O) groups is 2. The van der Waals surface area contributed by atoms with E-state index in [1.165, 1.54) is 0 Å². The van der Waals surface area contributed by atoms with Gasteiger partial charge in [0.1, 0.15) is 30.8 Å². The molecule has 2 aromatic rings. The molecular weight excluding hydrogens is 414 g/mol. The van der Waals surface area contributed by atoms with Crippen molar-refractivity contribution in [3.63, 3.8) is 0 Å². The molecule has 0 aliphatic heterocycles. The molecule has 1 atom stereocenters. The number of halogens is 1. The molecule has 0 saturated heterocycles. The van der Waals surface area contributed by atoms with Crippen molar-refractivity contribution >= 4 is 35.2 Å². The molecule has 0 aliphatic rings. The first-order valence-electron chi connectivity index (χ1n) is 9.03. The van der Waals surface area contributed by atoms with Crippen molar-refractivity contribution in [2.24, 2.45) is 0 Å². The standard InChI is InChI=1S/C21H24ClNO5S/c1-26-15-7-9-16(10-8-15)27-12-13-28-21(25)19(11-14-29-2)23-20(24)17-5-3-4-6-18(17)22/h3-10,19H,11-14H2,1-2H3,(H,23,24). The number of thioether (sulfide) groups is 1. The Balaban J connectivity index is 1.85. The number of hydrogen-bond acceptors (Lipinski definition) is 6. The number of hydrogen-bond donors (Lipinski definition) is 1. The highest BCUT2D eigenvalue weighted by molar-refractivity contribution is 7.98. The van der Waals surface area contributed by atoms with Crippen LogP contribution < -0.4 is 14.8 Å². The van der Waals surface area contributed by atoms with Crippen LogP contribution in [-0.4, -0.2) is 50.3 Å². The van der Waals surface area contributed by atoms with Crippen LogP contribution in [0.2, 0.25) is 5.02 Å². The number of amides is 1. The van der Waals surface area contributed by atoms with Gasteiger partial charge in [-0.2, -0.15) is 11.8 Å². The van der Waals surface area contributed by atoms with E-state index in [9.17, 15) is 9.59 Å². The van der Waals surface area contributed by atoms with E-state index in [1.807, 2.05) is 6.26 Å². The summed E-state index contributed by atoms with van der Waals surface area (Å²) in [4.78, 5) is 24.9. The van der Waals surface area contributed by atoms with Crippen molar-refractivity contribution < 1.29 is 23.8 Å². The Morgan fingerprint density at radius 2 is 1.76 bits per heavy atom. The summed E-state index contributed by atoms with van der Waals surface area (Å²) in [6.45, 7) is 0.272. The Kier molecular flexibility index (Phi) is 9.67. The highest BCUT2D eigenvalue weighted by Gasteiger charge is 2.23. The second-order valence-corrected chi connectivity index (χ2v) is 7.37. The minimum Gasteiger partial charge on any atom is -0.497 e. The molecule has 0 fully saturated rings. The lowest BCUT2D eigenvalue weighted by Crippen LogP contribution is -2.42. The predicted molar refractivity (Wildman–Crippen MR) is 115 cm³/mol. The molecule has 2 aromatic carbocycles. The van der Waals surface area contributed by atoms with Crippen LogP contribution in [0.5, 0.6) is 11.5 Å². The van der Waals surface area contributed by atoms with E-state index in [0.29, 0.717) is 28.5 Å². The molecule has 0 bridgehead atoms. The van der Waals surface area contributed by atoms with Crippen molar-refractivity contribution in [2.75, 3.05) is 32.3 Å². The third-order valence-corrected chi connectivity index (χ3v) is 4.95. The van der Waals surface area contributed by atoms with Gasteiger partial charge in [-0.1, -0.05) is 23.7 Å². The van der Waals surface area contributed by atoms with Crippen LogP contribution in [0.3, 0.4) is 0 Å². The summed E-state index contributed by atoms with van der Waals surface area (Å²) >= 11 is 7.64. The van der Waals surface area contributed by atoms with Crippen molar-refractivity contribution in [1.82, 2.24) is 5.32 Å².